The molecule has 0 unspecified atom stereocenters. The number of benzene rings is 2. The molecule has 3 heterocycles. The number of nitrogens with zero attached hydrogens (tertiary/aromatic N) is 1. The molecule has 0 atom stereocenters. The third-order valence-electron chi connectivity index (χ3n) is 6.23. The summed E-state index contributed by atoms with van der Waals surface area (Å²) in [6, 6.07) is 13.5. The number of likely N-dealkylation sites (tertiary alicyclic amines) is 1. The van der Waals surface area contributed by atoms with Crippen LogP contribution >= 0.6 is 22.9 Å². The number of sulfonamides is 1. The summed E-state index contributed by atoms with van der Waals surface area (Å²) in [5.74, 6) is 0.886. The van der Waals surface area contributed by atoms with Crippen molar-refractivity contribution in [2.24, 2.45) is 0 Å². The van der Waals surface area contributed by atoms with E-state index in [-0.39, 0.29) is 6.04 Å². The highest BCUT2D eigenvalue weighted by molar-refractivity contribution is 7.91. The smallest absolute Gasteiger partial charge is 0.250 e. The van der Waals surface area contributed by atoms with Gasteiger partial charge in [0.15, 0.2) is 0 Å². The second-order valence-corrected chi connectivity index (χ2v) is 11.8. The van der Waals surface area contributed by atoms with E-state index in [0.29, 0.717) is 15.8 Å². The molecule has 4 aromatic rings. The predicted molar refractivity (Wildman–Crippen MR) is 135 cm³/mol. The van der Waals surface area contributed by atoms with Crippen LogP contribution in [0.15, 0.2) is 52.9 Å². The summed E-state index contributed by atoms with van der Waals surface area (Å²) in [6.07, 6.45) is 3.48. The molecule has 6 nitrogen and oxygen atoms in total. The number of hydrogen-bond donors (Lipinski definition) is 2. The maximum atomic E-state index is 13.1. The summed E-state index contributed by atoms with van der Waals surface area (Å²) in [5.41, 5.74) is 1.83. The molecule has 1 saturated heterocycles. The van der Waals surface area contributed by atoms with E-state index < -0.39 is 10.0 Å². The summed E-state index contributed by atoms with van der Waals surface area (Å²) in [5, 5.41) is 2.60. The van der Waals surface area contributed by atoms with Crippen LogP contribution in [0.1, 0.15) is 18.4 Å². The van der Waals surface area contributed by atoms with Crippen LogP contribution in [0.4, 0.5) is 0 Å². The fraction of sp³-hybridized carbons (Fsp3) is 0.333. The number of thiophene rings is 1. The zero-order valence-corrected chi connectivity index (χ0v) is 20.7. The summed E-state index contributed by atoms with van der Waals surface area (Å²) < 4.78 is 36.5. The first kappa shape index (κ1) is 22.7. The first-order valence-corrected chi connectivity index (χ1v) is 13.7. The molecule has 0 saturated carbocycles. The Kier molecular flexibility index (Phi) is 6.37. The van der Waals surface area contributed by atoms with E-state index in [0.717, 1.165) is 64.8 Å². The Bertz CT molecular complexity index is 1390. The van der Waals surface area contributed by atoms with Crippen molar-refractivity contribution in [3.8, 4) is 5.75 Å². The van der Waals surface area contributed by atoms with E-state index in [1.807, 2.05) is 49.5 Å². The zero-order valence-electron chi connectivity index (χ0n) is 18.3. The van der Waals surface area contributed by atoms with E-state index in [9.17, 15) is 8.42 Å². The van der Waals surface area contributed by atoms with Crippen molar-refractivity contribution >= 4 is 54.0 Å². The number of ether oxygens (including phenoxy) is 1. The summed E-state index contributed by atoms with van der Waals surface area (Å²) >= 11 is 7.40. The lowest BCUT2D eigenvalue weighted by Gasteiger charge is -2.32. The molecule has 1 fully saturated rings. The summed E-state index contributed by atoms with van der Waals surface area (Å²) in [7, 11) is -3.57. The highest BCUT2D eigenvalue weighted by Crippen LogP contribution is 2.35. The molecule has 0 spiro atoms. The van der Waals surface area contributed by atoms with Gasteiger partial charge in [0.1, 0.15) is 16.6 Å². The average Bonchev–Trinajstić information content (AvgIpc) is 3.40. The SMILES string of the molecule is Cc1c(S(=O)(=O)NC2CCN(CCOc3cccc4[nH]ccc34)CC2)sc2ccc(Cl)cc12. The van der Waals surface area contributed by atoms with E-state index in [4.69, 9.17) is 16.3 Å². The van der Waals surface area contributed by atoms with Crippen LogP contribution in [-0.2, 0) is 10.0 Å². The quantitative estimate of drug-likeness (QED) is 0.365. The van der Waals surface area contributed by atoms with Gasteiger partial charge in [0.05, 0.1) is 0 Å². The minimum atomic E-state index is -3.57. The van der Waals surface area contributed by atoms with Crippen LogP contribution in [0.3, 0.4) is 0 Å². The van der Waals surface area contributed by atoms with Gasteiger partial charge in [-0.25, -0.2) is 13.1 Å². The number of aromatic amines is 1. The Morgan fingerprint density at radius 3 is 2.82 bits per heavy atom. The Morgan fingerprint density at radius 2 is 2.00 bits per heavy atom. The second-order valence-electron chi connectivity index (χ2n) is 8.44. The maximum Gasteiger partial charge on any atom is 0.250 e. The van der Waals surface area contributed by atoms with Crippen molar-refractivity contribution in [1.82, 2.24) is 14.6 Å². The molecule has 0 aliphatic carbocycles. The number of halogens is 1. The van der Waals surface area contributed by atoms with Crippen LogP contribution in [0.25, 0.3) is 21.0 Å². The summed E-state index contributed by atoms with van der Waals surface area (Å²) in [4.78, 5) is 5.52. The monoisotopic (exact) mass is 503 g/mol. The first-order chi connectivity index (χ1) is 15.9. The molecule has 2 aromatic heterocycles. The van der Waals surface area contributed by atoms with Crippen molar-refractivity contribution < 1.29 is 13.2 Å². The van der Waals surface area contributed by atoms with Gasteiger partial charge in [-0.1, -0.05) is 17.7 Å². The molecule has 2 N–H and O–H groups in total. The van der Waals surface area contributed by atoms with Gasteiger partial charge in [-0.2, -0.15) is 0 Å². The number of piperidine rings is 1. The van der Waals surface area contributed by atoms with Gasteiger partial charge in [0, 0.05) is 39.4 Å². The summed E-state index contributed by atoms with van der Waals surface area (Å²) in [6.45, 7) is 4.94. The number of hydrogen-bond acceptors (Lipinski definition) is 5. The molecule has 0 amide bonds. The van der Waals surface area contributed by atoms with Gasteiger partial charge in [-0.15, -0.1) is 11.3 Å². The molecule has 1 aliphatic heterocycles. The highest BCUT2D eigenvalue weighted by Gasteiger charge is 2.27. The van der Waals surface area contributed by atoms with E-state index in [1.165, 1.54) is 11.3 Å². The fourth-order valence-corrected chi connectivity index (χ4v) is 7.68. The van der Waals surface area contributed by atoms with Crippen LogP contribution in [-0.4, -0.2) is 50.6 Å². The Labute approximate surface area is 202 Å². The van der Waals surface area contributed by atoms with Crippen LogP contribution in [0, 0.1) is 6.92 Å². The van der Waals surface area contributed by atoms with Crippen molar-refractivity contribution in [3.63, 3.8) is 0 Å². The molecule has 2 aromatic carbocycles. The number of aromatic nitrogens is 1. The number of nitrogens with one attached hydrogen (secondary N) is 2. The Balaban J connectivity index is 1.15. The van der Waals surface area contributed by atoms with E-state index in [1.54, 1.807) is 6.07 Å². The molecule has 5 rings (SSSR count). The Morgan fingerprint density at radius 1 is 1.18 bits per heavy atom. The molecule has 1 aliphatic rings. The van der Waals surface area contributed by atoms with E-state index in [2.05, 4.69) is 14.6 Å². The number of H-pyrrole nitrogens is 1. The van der Waals surface area contributed by atoms with Crippen molar-refractivity contribution in [3.05, 3.63) is 59.2 Å². The lowest BCUT2D eigenvalue weighted by Crippen LogP contribution is -2.45. The number of aryl methyl sites for hydroxylation is 1. The van der Waals surface area contributed by atoms with Crippen LogP contribution < -0.4 is 9.46 Å². The first-order valence-electron chi connectivity index (χ1n) is 11.0. The lowest BCUT2D eigenvalue weighted by molar-refractivity contribution is 0.171. The van der Waals surface area contributed by atoms with Crippen LogP contribution in [0.5, 0.6) is 5.75 Å². The third kappa shape index (κ3) is 4.76. The predicted octanol–water partition coefficient (Wildman–Crippen LogP) is 5.17. The average molecular weight is 504 g/mol. The molecule has 0 radical (unpaired) electrons. The van der Waals surface area contributed by atoms with Gasteiger partial charge in [0.25, 0.3) is 10.0 Å². The van der Waals surface area contributed by atoms with Gasteiger partial charge in [-0.05, 0) is 80.2 Å². The third-order valence-corrected chi connectivity index (χ3v) is 9.88. The largest absolute Gasteiger partial charge is 0.492 e. The standard InChI is InChI=1S/C24H26ClN3O3S2/c1-16-20-15-17(25)5-6-23(20)32-24(16)33(29,30)27-18-8-11-28(12-9-18)13-14-31-22-4-2-3-21-19(22)7-10-26-21/h2-7,10,15,18,26-27H,8-9,11-14H2,1H3. The molecule has 0 bridgehead atoms. The van der Waals surface area contributed by atoms with E-state index >= 15 is 0 Å². The molecule has 33 heavy (non-hydrogen) atoms. The second kappa shape index (κ2) is 9.27. The molecular weight excluding hydrogens is 478 g/mol. The normalized spacial score (nSPS) is 16.1. The molecule has 9 heteroatoms. The highest BCUT2D eigenvalue weighted by atomic mass is 35.5. The fourth-order valence-electron chi connectivity index (χ4n) is 4.44. The van der Waals surface area contributed by atoms with Gasteiger partial charge in [0.2, 0.25) is 0 Å². The minimum Gasteiger partial charge on any atom is -0.492 e. The van der Waals surface area contributed by atoms with Crippen LogP contribution in [0.2, 0.25) is 5.02 Å². The number of rotatable bonds is 7. The maximum absolute atomic E-state index is 13.1. The van der Waals surface area contributed by atoms with Gasteiger partial charge < -0.3 is 9.72 Å². The minimum absolute atomic E-state index is 0.0611. The van der Waals surface area contributed by atoms with Crippen molar-refractivity contribution in [2.45, 2.75) is 30.0 Å². The molecule has 174 valence electrons. The van der Waals surface area contributed by atoms with Gasteiger partial charge in [-0.3, -0.25) is 4.90 Å². The zero-order chi connectivity index (χ0) is 23.0. The van der Waals surface area contributed by atoms with Crippen molar-refractivity contribution in [2.75, 3.05) is 26.2 Å². The Hall–Kier alpha value is -2.10. The number of fused-ring (bicyclic) bond motifs is 2. The lowest BCUT2D eigenvalue weighted by atomic mass is 10.1. The molecular formula is C24H26ClN3O3S2. The van der Waals surface area contributed by atoms with Crippen molar-refractivity contribution in [1.29, 1.82) is 0 Å². The van der Waals surface area contributed by atoms with Gasteiger partial charge >= 0.3 is 0 Å². The topological polar surface area (TPSA) is 74.4 Å².